The Morgan fingerprint density at radius 1 is 1.27 bits per heavy atom. The van der Waals surface area contributed by atoms with Crippen LogP contribution >= 0.6 is 0 Å². The summed E-state index contributed by atoms with van der Waals surface area (Å²) in [6, 6.07) is 6.73. The zero-order valence-electron chi connectivity index (χ0n) is 12.2. The normalized spacial score (nSPS) is 21.0. The molecule has 1 aromatic carbocycles. The van der Waals surface area contributed by atoms with Crippen LogP contribution < -0.4 is 0 Å². The molecule has 2 aliphatic heterocycles. The van der Waals surface area contributed by atoms with Crippen LogP contribution in [0.4, 0.5) is 4.79 Å². The highest BCUT2D eigenvalue weighted by Gasteiger charge is 2.37. The number of morpholine rings is 1. The van der Waals surface area contributed by atoms with Crippen LogP contribution in [0, 0.1) is 0 Å². The number of imide groups is 1. The van der Waals surface area contributed by atoms with Gasteiger partial charge in [0.2, 0.25) is 0 Å². The Morgan fingerprint density at radius 3 is 2.50 bits per heavy atom. The number of carbonyl (C=O) groups excluding carboxylic acids is 3. The van der Waals surface area contributed by atoms with E-state index in [-0.39, 0.29) is 18.4 Å². The van der Waals surface area contributed by atoms with E-state index in [0.717, 1.165) is 0 Å². The highest BCUT2D eigenvalue weighted by Crippen LogP contribution is 2.23. The van der Waals surface area contributed by atoms with Crippen molar-refractivity contribution in [3.05, 3.63) is 35.4 Å². The molecule has 0 radical (unpaired) electrons. The minimum atomic E-state index is -0.435. The van der Waals surface area contributed by atoms with Crippen molar-refractivity contribution in [1.29, 1.82) is 0 Å². The molecule has 0 aromatic heterocycles. The fourth-order valence-corrected chi connectivity index (χ4v) is 2.73. The van der Waals surface area contributed by atoms with Gasteiger partial charge in [0, 0.05) is 6.54 Å². The van der Waals surface area contributed by atoms with Gasteiger partial charge >= 0.3 is 6.09 Å². The Morgan fingerprint density at radius 2 is 1.91 bits per heavy atom. The average molecular weight is 304 g/mol. The minimum Gasteiger partial charge on any atom is -0.453 e. The fraction of sp³-hybridized carbons (Fsp3) is 0.400. The first-order valence-corrected chi connectivity index (χ1v) is 7.01. The van der Waals surface area contributed by atoms with Gasteiger partial charge in [-0.25, -0.2) is 4.79 Å². The second kappa shape index (κ2) is 5.76. The van der Waals surface area contributed by atoms with Crippen LogP contribution in [-0.2, 0) is 9.47 Å². The van der Waals surface area contributed by atoms with E-state index in [2.05, 4.69) is 4.74 Å². The van der Waals surface area contributed by atoms with Crippen molar-refractivity contribution in [2.45, 2.75) is 6.10 Å². The number of nitrogens with zero attached hydrogens (tertiary/aromatic N) is 2. The van der Waals surface area contributed by atoms with Crippen LogP contribution in [0.3, 0.4) is 0 Å². The summed E-state index contributed by atoms with van der Waals surface area (Å²) in [5.74, 6) is -0.640. The maximum atomic E-state index is 12.3. The lowest BCUT2D eigenvalue weighted by molar-refractivity contribution is -0.0331. The molecule has 2 heterocycles. The van der Waals surface area contributed by atoms with Gasteiger partial charge in [-0.2, -0.15) is 0 Å². The zero-order valence-corrected chi connectivity index (χ0v) is 12.2. The van der Waals surface area contributed by atoms with E-state index >= 15 is 0 Å². The largest absolute Gasteiger partial charge is 0.453 e. The lowest BCUT2D eigenvalue weighted by atomic mass is 10.1. The van der Waals surface area contributed by atoms with Gasteiger partial charge in [0.1, 0.15) is 0 Å². The average Bonchev–Trinajstić information content (AvgIpc) is 2.80. The maximum absolute atomic E-state index is 12.3. The molecule has 0 N–H and O–H groups in total. The van der Waals surface area contributed by atoms with Crippen LogP contribution in [0.2, 0.25) is 0 Å². The van der Waals surface area contributed by atoms with Gasteiger partial charge in [-0.15, -0.1) is 0 Å². The molecule has 116 valence electrons. The SMILES string of the molecule is COC(=O)N1CCO[C@@H](CN2C(=O)c3ccccc3C2=O)C1. The summed E-state index contributed by atoms with van der Waals surface area (Å²) in [4.78, 5) is 38.8. The lowest BCUT2D eigenvalue weighted by Gasteiger charge is -2.33. The molecule has 1 aromatic rings. The molecule has 1 saturated heterocycles. The third-order valence-electron chi connectivity index (χ3n) is 3.84. The molecule has 1 fully saturated rings. The first-order chi connectivity index (χ1) is 10.6. The molecule has 3 amide bonds. The van der Waals surface area contributed by atoms with Crippen LogP contribution in [0.25, 0.3) is 0 Å². The third-order valence-corrected chi connectivity index (χ3v) is 3.84. The molecule has 0 unspecified atom stereocenters. The van der Waals surface area contributed by atoms with E-state index in [1.54, 1.807) is 24.3 Å². The van der Waals surface area contributed by atoms with Crippen molar-refractivity contribution < 1.29 is 23.9 Å². The van der Waals surface area contributed by atoms with Crippen molar-refractivity contribution >= 4 is 17.9 Å². The monoisotopic (exact) mass is 304 g/mol. The summed E-state index contributed by atoms with van der Waals surface area (Å²) in [6.45, 7) is 1.20. The van der Waals surface area contributed by atoms with E-state index in [1.807, 2.05) is 0 Å². The second-order valence-electron chi connectivity index (χ2n) is 5.18. The molecule has 2 aliphatic rings. The van der Waals surface area contributed by atoms with Crippen LogP contribution in [-0.4, -0.2) is 67.2 Å². The van der Waals surface area contributed by atoms with Gasteiger partial charge in [0.15, 0.2) is 0 Å². The summed E-state index contributed by atoms with van der Waals surface area (Å²) in [7, 11) is 1.32. The van der Waals surface area contributed by atoms with Gasteiger partial charge in [-0.1, -0.05) is 12.1 Å². The fourth-order valence-electron chi connectivity index (χ4n) is 2.73. The van der Waals surface area contributed by atoms with Crippen molar-refractivity contribution in [2.24, 2.45) is 0 Å². The molecule has 3 rings (SSSR count). The van der Waals surface area contributed by atoms with Crippen LogP contribution in [0.1, 0.15) is 20.7 Å². The summed E-state index contributed by atoms with van der Waals surface area (Å²) < 4.78 is 10.2. The molecular weight excluding hydrogens is 288 g/mol. The standard InChI is InChI=1S/C15H16N2O5/c1-21-15(20)16-6-7-22-10(8-16)9-17-13(18)11-4-2-3-5-12(11)14(17)19/h2-5,10H,6-9H2,1H3/t10-/m1/s1. The first-order valence-electron chi connectivity index (χ1n) is 7.01. The predicted molar refractivity (Wildman–Crippen MR) is 75.5 cm³/mol. The Hall–Kier alpha value is -2.41. The molecule has 7 nitrogen and oxygen atoms in total. The molecule has 0 bridgehead atoms. The van der Waals surface area contributed by atoms with Crippen LogP contribution in [0.5, 0.6) is 0 Å². The highest BCUT2D eigenvalue weighted by atomic mass is 16.5. The Kier molecular flexibility index (Phi) is 3.81. The number of benzene rings is 1. The van der Waals surface area contributed by atoms with Gasteiger partial charge in [0.25, 0.3) is 11.8 Å². The number of hydrogen-bond donors (Lipinski definition) is 0. The molecule has 0 saturated carbocycles. The zero-order chi connectivity index (χ0) is 15.7. The smallest absolute Gasteiger partial charge is 0.409 e. The Balaban J connectivity index is 1.71. The molecule has 1 atom stereocenters. The Bertz CT molecular complexity index is 595. The van der Waals surface area contributed by atoms with E-state index in [4.69, 9.17) is 4.74 Å². The highest BCUT2D eigenvalue weighted by molar-refractivity contribution is 6.21. The lowest BCUT2D eigenvalue weighted by Crippen LogP contribution is -2.50. The van der Waals surface area contributed by atoms with E-state index in [9.17, 15) is 14.4 Å². The number of methoxy groups -OCH3 is 1. The van der Waals surface area contributed by atoms with Crippen molar-refractivity contribution in [1.82, 2.24) is 9.80 Å². The first kappa shape index (κ1) is 14.5. The quantitative estimate of drug-likeness (QED) is 0.754. The summed E-state index contributed by atoms with van der Waals surface area (Å²) >= 11 is 0. The summed E-state index contributed by atoms with van der Waals surface area (Å²) in [5, 5.41) is 0. The maximum Gasteiger partial charge on any atom is 0.409 e. The molecule has 7 heteroatoms. The Labute approximate surface area is 127 Å². The second-order valence-corrected chi connectivity index (χ2v) is 5.18. The molecule has 22 heavy (non-hydrogen) atoms. The van der Waals surface area contributed by atoms with Gasteiger partial charge in [0.05, 0.1) is 44.0 Å². The molecule has 0 spiro atoms. The van der Waals surface area contributed by atoms with Crippen molar-refractivity contribution in [3.8, 4) is 0 Å². The number of rotatable bonds is 2. The molecule has 0 aliphatic carbocycles. The minimum absolute atomic E-state index is 0.125. The van der Waals surface area contributed by atoms with E-state index < -0.39 is 12.2 Å². The van der Waals surface area contributed by atoms with Crippen molar-refractivity contribution in [2.75, 3.05) is 33.4 Å². The third kappa shape index (κ3) is 2.43. The summed E-state index contributed by atoms with van der Waals surface area (Å²) in [6.07, 6.45) is -0.842. The van der Waals surface area contributed by atoms with Crippen LogP contribution in [0.15, 0.2) is 24.3 Å². The topological polar surface area (TPSA) is 76.2 Å². The van der Waals surface area contributed by atoms with Gasteiger partial charge in [-0.05, 0) is 12.1 Å². The predicted octanol–water partition coefficient (Wildman–Crippen LogP) is 0.750. The number of carbonyl (C=O) groups is 3. The molecular formula is C15H16N2O5. The van der Waals surface area contributed by atoms with Crippen molar-refractivity contribution in [3.63, 3.8) is 0 Å². The van der Waals surface area contributed by atoms with Gasteiger partial charge < -0.3 is 14.4 Å². The number of fused-ring (bicyclic) bond motifs is 1. The number of hydrogen-bond acceptors (Lipinski definition) is 5. The van der Waals surface area contributed by atoms with E-state index in [1.165, 1.54) is 16.9 Å². The number of amides is 3. The summed E-state index contributed by atoms with van der Waals surface area (Å²) in [5.41, 5.74) is 0.821. The number of ether oxygens (including phenoxy) is 2. The van der Waals surface area contributed by atoms with Gasteiger partial charge in [-0.3, -0.25) is 14.5 Å². The van der Waals surface area contributed by atoms with E-state index in [0.29, 0.717) is 30.8 Å².